The minimum Gasteiger partial charge on any atom is -0.497 e. The first-order valence-corrected chi connectivity index (χ1v) is 7.17. The summed E-state index contributed by atoms with van der Waals surface area (Å²) in [5, 5.41) is 1.56. The molecular weight excluding hydrogens is 312 g/mol. The monoisotopic (exact) mass is 322 g/mol. The number of benzene rings is 1. The number of rotatable bonds is 4. The summed E-state index contributed by atoms with van der Waals surface area (Å²) in [6, 6.07) is 5.63. The summed E-state index contributed by atoms with van der Waals surface area (Å²) in [5.41, 5.74) is 1.73. The molecule has 0 bridgehead atoms. The van der Waals surface area contributed by atoms with Crippen LogP contribution in [0.1, 0.15) is 0 Å². The smallest absolute Gasteiger partial charge is 0.189 e. The Labute approximate surface area is 129 Å². The van der Waals surface area contributed by atoms with Crippen molar-refractivity contribution < 1.29 is 9.47 Å². The van der Waals surface area contributed by atoms with E-state index in [4.69, 9.17) is 21.1 Å². The maximum Gasteiger partial charge on any atom is 0.189 e. The van der Waals surface area contributed by atoms with Crippen LogP contribution in [0.3, 0.4) is 0 Å². The van der Waals surface area contributed by atoms with Crippen molar-refractivity contribution in [2.75, 3.05) is 14.2 Å². The molecule has 0 aliphatic carbocycles. The highest BCUT2D eigenvalue weighted by atomic mass is 35.5. The van der Waals surface area contributed by atoms with Crippen LogP contribution in [-0.4, -0.2) is 34.2 Å². The molecule has 0 saturated heterocycles. The third-order valence-corrected chi connectivity index (χ3v) is 3.93. The number of halogens is 1. The second-order valence-corrected chi connectivity index (χ2v) is 5.37. The third kappa shape index (κ3) is 2.74. The van der Waals surface area contributed by atoms with Crippen molar-refractivity contribution >= 4 is 34.4 Å². The first kappa shape index (κ1) is 14.0. The van der Waals surface area contributed by atoms with E-state index in [0.29, 0.717) is 15.9 Å². The van der Waals surface area contributed by atoms with Gasteiger partial charge in [0.15, 0.2) is 21.1 Å². The van der Waals surface area contributed by atoms with Crippen molar-refractivity contribution in [3.8, 4) is 11.5 Å². The molecule has 3 rings (SSSR count). The Morgan fingerprint density at radius 3 is 2.81 bits per heavy atom. The number of methoxy groups -OCH3 is 2. The van der Waals surface area contributed by atoms with Crippen molar-refractivity contribution in [2.45, 2.75) is 10.2 Å². The lowest BCUT2D eigenvalue weighted by Crippen LogP contribution is -1.93. The highest BCUT2D eigenvalue weighted by Gasteiger charge is 2.14. The van der Waals surface area contributed by atoms with E-state index >= 15 is 0 Å². The van der Waals surface area contributed by atoms with Crippen LogP contribution in [0.2, 0.25) is 5.15 Å². The predicted molar refractivity (Wildman–Crippen MR) is 80.4 cm³/mol. The van der Waals surface area contributed by atoms with Crippen LogP contribution < -0.4 is 9.47 Å². The van der Waals surface area contributed by atoms with Crippen LogP contribution in [0.4, 0.5) is 0 Å². The van der Waals surface area contributed by atoms with Gasteiger partial charge in [0.25, 0.3) is 0 Å². The zero-order chi connectivity index (χ0) is 14.8. The summed E-state index contributed by atoms with van der Waals surface area (Å²) in [7, 11) is 3.15. The SMILES string of the molecule is COc1ccc2nc(Sc3ncnc(Cl)c3OC)[nH]c2c1. The van der Waals surface area contributed by atoms with Crippen LogP contribution >= 0.6 is 23.4 Å². The first-order valence-electron chi connectivity index (χ1n) is 5.97. The molecule has 2 aromatic heterocycles. The van der Waals surface area contributed by atoms with Crippen molar-refractivity contribution in [1.82, 2.24) is 19.9 Å². The van der Waals surface area contributed by atoms with E-state index < -0.39 is 0 Å². The number of nitrogens with zero attached hydrogens (tertiary/aromatic N) is 3. The molecule has 1 aromatic carbocycles. The van der Waals surface area contributed by atoms with Gasteiger partial charge in [0.2, 0.25) is 0 Å². The van der Waals surface area contributed by atoms with Gasteiger partial charge in [-0.1, -0.05) is 11.6 Å². The number of ether oxygens (including phenoxy) is 2. The lowest BCUT2D eigenvalue weighted by molar-refractivity contribution is 0.398. The number of H-pyrrole nitrogens is 1. The van der Waals surface area contributed by atoms with Gasteiger partial charge in [0.05, 0.1) is 25.3 Å². The Balaban J connectivity index is 1.97. The van der Waals surface area contributed by atoms with Crippen molar-refractivity contribution in [2.24, 2.45) is 0 Å². The lowest BCUT2D eigenvalue weighted by atomic mass is 10.3. The number of hydrogen-bond acceptors (Lipinski definition) is 6. The van der Waals surface area contributed by atoms with E-state index in [1.807, 2.05) is 18.2 Å². The minimum atomic E-state index is 0.271. The standard InChI is InChI=1S/C13H11ClN4O2S/c1-19-7-3-4-8-9(5-7)18-13(17-8)21-12-10(20-2)11(14)15-6-16-12/h3-6H,1-2H3,(H,17,18). The van der Waals surface area contributed by atoms with Gasteiger partial charge in [-0.3, -0.25) is 0 Å². The highest BCUT2D eigenvalue weighted by molar-refractivity contribution is 7.99. The van der Waals surface area contributed by atoms with Gasteiger partial charge in [-0.25, -0.2) is 15.0 Å². The maximum absolute atomic E-state index is 5.98. The Hall–Kier alpha value is -1.99. The fourth-order valence-electron chi connectivity index (χ4n) is 1.81. The lowest BCUT2D eigenvalue weighted by Gasteiger charge is -2.05. The number of fused-ring (bicyclic) bond motifs is 1. The van der Waals surface area contributed by atoms with Gasteiger partial charge in [0, 0.05) is 6.07 Å². The molecule has 108 valence electrons. The zero-order valence-electron chi connectivity index (χ0n) is 11.3. The molecule has 2 heterocycles. The Morgan fingerprint density at radius 1 is 1.19 bits per heavy atom. The van der Waals surface area contributed by atoms with Crippen LogP contribution in [0.25, 0.3) is 11.0 Å². The van der Waals surface area contributed by atoms with Gasteiger partial charge < -0.3 is 14.5 Å². The zero-order valence-corrected chi connectivity index (χ0v) is 12.8. The van der Waals surface area contributed by atoms with Crippen LogP contribution in [0.15, 0.2) is 34.7 Å². The normalized spacial score (nSPS) is 10.8. The number of imidazole rings is 1. The second kappa shape index (κ2) is 5.79. The molecule has 0 saturated carbocycles. The number of nitrogens with one attached hydrogen (secondary N) is 1. The Morgan fingerprint density at radius 2 is 2.05 bits per heavy atom. The molecule has 0 fully saturated rings. The van der Waals surface area contributed by atoms with E-state index in [0.717, 1.165) is 16.8 Å². The molecule has 0 radical (unpaired) electrons. The van der Waals surface area contributed by atoms with Gasteiger partial charge in [-0.15, -0.1) is 0 Å². The molecule has 6 nitrogen and oxygen atoms in total. The van der Waals surface area contributed by atoms with E-state index in [2.05, 4.69) is 19.9 Å². The summed E-state index contributed by atoms with van der Waals surface area (Å²) in [6.45, 7) is 0. The van der Waals surface area contributed by atoms with E-state index in [1.165, 1.54) is 25.2 Å². The summed E-state index contributed by atoms with van der Waals surface area (Å²) in [4.78, 5) is 15.7. The quantitative estimate of drug-likeness (QED) is 0.744. The highest BCUT2D eigenvalue weighted by Crippen LogP contribution is 2.36. The van der Waals surface area contributed by atoms with Crippen molar-refractivity contribution in [3.05, 3.63) is 29.7 Å². The van der Waals surface area contributed by atoms with E-state index in [9.17, 15) is 0 Å². The molecule has 0 aliphatic heterocycles. The molecule has 0 atom stereocenters. The summed E-state index contributed by atoms with van der Waals surface area (Å²) in [5.74, 6) is 1.20. The Bertz CT molecular complexity index is 793. The molecule has 8 heteroatoms. The first-order chi connectivity index (χ1) is 10.2. The molecule has 0 unspecified atom stereocenters. The summed E-state index contributed by atoms with van der Waals surface area (Å²) < 4.78 is 10.4. The summed E-state index contributed by atoms with van der Waals surface area (Å²) in [6.07, 6.45) is 1.39. The number of aromatic amines is 1. The molecule has 1 N–H and O–H groups in total. The predicted octanol–water partition coefficient (Wildman–Crippen LogP) is 3.17. The summed E-state index contributed by atoms with van der Waals surface area (Å²) >= 11 is 7.30. The average molecular weight is 323 g/mol. The molecule has 0 spiro atoms. The molecule has 0 aliphatic rings. The fraction of sp³-hybridized carbons (Fsp3) is 0.154. The molecule has 0 amide bonds. The Kier molecular flexibility index (Phi) is 3.85. The molecular formula is C13H11ClN4O2S. The van der Waals surface area contributed by atoms with Gasteiger partial charge in [-0.05, 0) is 23.9 Å². The third-order valence-electron chi connectivity index (χ3n) is 2.79. The minimum absolute atomic E-state index is 0.271. The van der Waals surface area contributed by atoms with Crippen LogP contribution in [0, 0.1) is 0 Å². The van der Waals surface area contributed by atoms with E-state index in [-0.39, 0.29) is 5.15 Å². The van der Waals surface area contributed by atoms with E-state index in [1.54, 1.807) is 7.11 Å². The largest absolute Gasteiger partial charge is 0.497 e. The van der Waals surface area contributed by atoms with Gasteiger partial charge >= 0.3 is 0 Å². The van der Waals surface area contributed by atoms with Crippen molar-refractivity contribution in [1.29, 1.82) is 0 Å². The van der Waals surface area contributed by atoms with Gasteiger partial charge in [-0.2, -0.15) is 0 Å². The van der Waals surface area contributed by atoms with Crippen LogP contribution in [0.5, 0.6) is 11.5 Å². The molecule has 21 heavy (non-hydrogen) atoms. The fourth-order valence-corrected chi connectivity index (χ4v) is 2.94. The van der Waals surface area contributed by atoms with Crippen LogP contribution in [-0.2, 0) is 0 Å². The second-order valence-electron chi connectivity index (χ2n) is 4.03. The maximum atomic E-state index is 5.98. The topological polar surface area (TPSA) is 72.9 Å². The average Bonchev–Trinajstić information content (AvgIpc) is 2.88. The van der Waals surface area contributed by atoms with Crippen molar-refractivity contribution in [3.63, 3.8) is 0 Å². The van der Waals surface area contributed by atoms with Gasteiger partial charge in [0.1, 0.15) is 12.1 Å². The molecule has 3 aromatic rings. The number of aromatic nitrogens is 4. The number of hydrogen-bond donors (Lipinski definition) is 1.